The highest BCUT2D eigenvalue weighted by Crippen LogP contribution is 2.44. The number of fused-ring (bicyclic) bond motifs is 3. The highest BCUT2D eigenvalue weighted by molar-refractivity contribution is 7.80. The number of nitro benzene ring substituents is 1. The lowest BCUT2D eigenvalue weighted by molar-refractivity contribution is -0.384. The molecule has 0 fully saturated rings. The van der Waals surface area contributed by atoms with E-state index in [2.05, 4.69) is 5.32 Å². The van der Waals surface area contributed by atoms with Crippen LogP contribution in [0.25, 0.3) is 0 Å². The number of thiocarbonyl (C=S) groups is 1. The second-order valence-electron chi connectivity index (χ2n) is 12.9. The van der Waals surface area contributed by atoms with Crippen LogP contribution in [-0.4, -0.2) is 65.5 Å². The number of methoxy groups -OCH3 is 1. The van der Waals surface area contributed by atoms with Crippen LogP contribution in [0.3, 0.4) is 0 Å². The van der Waals surface area contributed by atoms with Gasteiger partial charge in [0, 0.05) is 40.5 Å². The molecule has 0 radical (unpaired) electrons. The number of carbonyl (C=O) groups is 2. The van der Waals surface area contributed by atoms with E-state index >= 15 is 0 Å². The zero-order chi connectivity index (χ0) is 38.2. The Balaban J connectivity index is 1.36. The Hall–Kier alpha value is -4.89. The number of nitrogens with zero attached hydrogens (tertiary/aromatic N) is 4. The van der Waals surface area contributed by atoms with Crippen molar-refractivity contribution in [2.75, 3.05) is 37.0 Å². The van der Waals surface area contributed by atoms with Gasteiger partial charge in [-0.05, 0) is 73.8 Å². The zero-order valence-corrected chi connectivity index (χ0v) is 32.2. The fraction of sp³-hybridized carbons (Fsp3) is 0.333. The number of nitro groups is 1. The van der Waals surface area contributed by atoms with E-state index < -0.39 is 23.0 Å². The molecule has 2 aliphatic heterocycles. The average Bonchev–Trinajstić information content (AvgIpc) is 3.50. The minimum Gasteiger partial charge on any atom is -0.496 e. The summed E-state index contributed by atoms with van der Waals surface area (Å²) < 4.78 is 11.1. The van der Waals surface area contributed by atoms with Crippen LogP contribution in [-0.2, 0) is 33.7 Å². The Morgan fingerprint density at radius 3 is 2.61 bits per heavy atom. The number of aliphatic imine (C=N–C) groups is 1. The van der Waals surface area contributed by atoms with Crippen molar-refractivity contribution in [2.24, 2.45) is 10.7 Å². The quantitative estimate of drug-likeness (QED) is 0.0439. The molecule has 0 bridgehead atoms. The number of ether oxygens (including phenoxy) is 2. The number of benzene rings is 3. The summed E-state index contributed by atoms with van der Waals surface area (Å²) >= 11 is 14.1. The van der Waals surface area contributed by atoms with Gasteiger partial charge in [-0.3, -0.25) is 24.6 Å². The molecule has 0 spiro atoms. The summed E-state index contributed by atoms with van der Waals surface area (Å²) in [5.41, 5.74) is 9.62. The monoisotopic (exact) mass is 788 g/mol. The first-order chi connectivity index (χ1) is 26.2. The maximum Gasteiger partial charge on any atom is 0.308 e. The smallest absolute Gasteiger partial charge is 0.308 e. The number of halogens is 1. The van der Waals surface area contributed by atoms with E-state index in [1.807, 2.05) is 53.4 Å². The Labute approximate surface area is 328 Å². The topological polar surface area (TPSA) is 153 Å². The van der Waals surface area contributed by atoms with Crippen molar-refractivity contribution >= 4 is 74.2 Å². The van der Waals surface area contributed by atoms with E-state index in [0.717, 1.165) is 40.8 Å². The molecule has 6 rings (SSSR count). The predicted octanol–water partition coefficient (Wildman–Crippen LogP) is 7.28. The van der Waals surface area contributed by atoms with E-state index in [9.17, 15) is 19.7 Å². The van der Waals surface area contributed by atoms with E-state index in [1.165, 1.54) is 24.5 Å². The van der Waals surface area contributed by atoms with Gasteiger partial charge in [-0.15, -0.1) is 11.3 Å². The van der Waals surface area contributed by atoms with Gasteiger partial charge in [0.2, 0.25) is 0 Å². The lowest BCUT2D eigenvalue weighted by atomic mass is 9.95. The molecule has 0 saturated heterocycles. The number of hydrogen-bond acceptors (Lipinski definition) is 10. The molecular formula is C39H41ClN6O6S2. The SMILES string of the molecule is COc1ccc(NC(=S)N2CCc3c(sc4c3C(c3ccccc3Cl)=NC(OC(=O)CCCCCCN)C(=O)N4CCc3ccccc3)C2)c([N+](=O)[O-])c1. The maximum atomic E-state index is 14.6. The van der Waals surface area contributed by atoms with Gasteiger partial charge in [0.05, 0.1) is 30.4 Å². The molecule has 54 heavy (non-hydrogen) atoms. The predicted molar refractivity (Wildman–Crippen MR) is 216 cm³/mol. The summed E-state index contributed by atoms with van der Waals surface area (Å²) in [6.45, 7) is 1.80. The number of hydrogen-bond donors (Lipinski definition) is 2. The van der Waals surface area contributed by atoms with Crippen LogP contribution < -0.4 is 20.7 Å². The van der Waals surface area contributed by atoms with Gasteiger partial charge in [0.1, 0.15) is 16.4 Å². The molecule has 1 aromatic heterocycles. The molecule has 0 saturated carbocycles. The van der Waals surface area contributed by atoms with Crippen LogP contribution in [0.4, 0.5) is 16.4 Å². The minimum absolute atomic E-state index is 0.160. The van der Waals surface area contributed by atoms with Crippen molar-refractivity contribution < 1.29 is 24.0 Å². The first kappa shape index (κ1) is 38.8. The van der Waals surface area contributed by atoms with E-state index in [-0.39, 0.29) is 17.8 Å². The minimum atomic E-state index is -1.41. The van der Waals surface area contributed by atoms with E-state index in [4.69, 9.17) is 44.0 Å². The van der Waals surface area contributed by atoms with Gasteiger partial charge in [0.25, 0.3) is 17.8 Å². The normalized spacial score (nSPS) is 15.1. The molecule has 3 N–H and O–H groups in total. The highest BCUT2D eigenvalue weighted by Gasteiger charge is 2.39. The highest BCUT2D eigenvalue weighted by atomic mass is 35.5. The first-order valence-corrected chi connectivity index (χ1v) is 19.4. The average molecular weight is 789 g/mol. The summed E-state index contributed by atoms with van der Waals surface area (Å²) in [5, 5.41) is 16.4. The van der Waals surface area contributed by atoms with Crippen LogP contribution in [0.2, 0.25) is 5.02 Å². The molecular weight excluding hydrogens is 748 g/mol. The molecule has 3 heterocycles. The van der Waals surface area contributed by atoms with E-state index in [1.54, 1.807) is 23.1 Å². The van der Waals surface area contributed by atoms with Crippen LogP contribution >= 0.6 is 35.2 Å². The molecule has 12 nitrogen and oxygen atoms in total. The van der Waals surface area contributed by atoms with Gasteiger partial charge in [-0.1, -0.05) is 73.0 Å². The number of thiophene rings is 1. The molecule has 15 heteroatoms. The summed E-state index contributed by atoms with van der Waals surface area (Å²) in [6, 6.07) is 21.7. The van der Waals surface area contributed by atoms with Crippen LogP contribution in [0.1, 0.15) is 59.2 Å². The lowest BCUT2D eigenvalue weighted by Crippen LogP contribution is -2.41. The lowest BCUT2D eigenvalue weighted by Gasteiger charge is -2.30. The number of nitrogens with two attached hydrogens (primary N) is 1. The molecule has 3 aromatic carbocycles. The number of nitrogens with one attached hydrogen (secondary N) is 1. The zero-order valence-electron chi connectivity index (χ0n) is 29.8. The summed E-state index contributed by atoms with van der Waals surface area (Å²) in [5.74, 6) is -0.573. The fourth-order valence-electron chi connectivity index (χ4n) is 6.54. The van der Waals surface area contributed by atoms with Gasteiger partial charge < -0.3 is 25.4 Å². The number of amides is 1. The summed E-state index contributed by atoms with van der Waals surface area (Å²) in [4.78, 5) is 48.6. The van der Waals surface area contributed by atoms with Gasteiger partial charge in [-0.25, -0.2) is 4.99 Å². The summed E-state index contributed by atoms with van der Waals surface area (Å²) in [6.07, 6.45) is 3.10. The Bertz CT molecular complexity index is 2060. The van der Waals surface area contributed by atoms with Crippen molar-refractivity contribution in [3.63, 3.8) is 0 Å². The second-order valence-corrected chi connectivity index (χ2v) is 14.8. The molecule has 2 aliphatic rings. The number of anilines is 2. The number of rotatable bonds is 14. The van der Waals surface area contributed by atoms with Crippen LogP contribution in [0.15, 0.2) is 77.8 Å². The Kier molecular flexibility index (Phi) is 12.9. The molecule has 282 valence electrons. The second kappa shape index (κ2) is 18.0. The molecule has 1 amide bonds. The molecule has 4 aromatic rings. The third-order valence-electron chi connectivity index (χ3n) is 9.35. The number of unbranched alkanes of at least 4 members (excludes halogenated alkanes) is 3. The standard InChI is InChI=1S/C39H41ClN6O6S2/c1-51-26-16-17-30(31(23-26)46(49)50)42-39(53)44-21-19-28-32(24-44)54-38-34(28)35(27-13-8-9-14-29(27)40)43-36(52-33(47)15-7-2-3-10-20-41)37(48)45(38)22-18-25-11-5-4-6-12-25/h4-6,8-9,11-14,16-17,23,36H,2-3,7,10,15,18-22,24,41H2,1H3,(H,42,53). The van der Waals surface area contributed by atoms with Crippen molar-refractivity contribution in [1.29, 1.82) is 0 Å². The van der Waals surface area contributed by atoms with Crippen molar-refractivity contribution in [3.8, 4) is 5.75 Å². The Morgan fingerprint density at radius 2 is 1.87 bits per heavy atom. The first-order valence-electron chi connectivity index (χ1n) is 17.8. The van der Waals surface area contributed by atoms with Crippen molar-refractivity contribution in [3.05, 3.63) is 115 Å². The maximum absolute atomic E-state index is 14.6. The van der Waals surface area contributed by atoms with Gasteiger partial charge in [-0.2, -0.15) is 0 Å². The van der Waals surface area contributed by atoms with Crippen LogP contribution in [0, 0.1) is 10.1 Å². The van der Waals surface area contributed by atoms with Gasteiger partial charge in [0.15, 0.2) is 5.11 Å². The molecule has 1 unspecified atom stereocenters. The third kappa shape index (κ3) is 8.90. The molecule has 0 aliphatic carbocycles. The largest absolute Gasteiger partial charge is 0.496 e. The van der Waals surface area contributed by atoms with Crippen molar-refractivity contribution in [2.45, 2.75) is 57.7 Å². The number of esters is 1. The number of carbonyl (C=O) groups excluding carboxylic acids is 2. The van der Waals surface area contributed by atoms with Gasteiger partial charge >= 0.3 is 5.97 Å². The third-order valence-corrected chi connectivity index (χ3v) is 11.3. The van der Waals surface area contributed by atoms with Crippen LogP contribution in [0.5, 0.6) is 5.75 Å². The van der Waals surface area contributed by atoms with E-state index in [0.29, 0.717) is 77.6 Å². The van der Waals surface area contributed by atoms with Crippen molar-refractivity contribution in [1.82, 2.24) is 4.90 Å². The summed E-state index contributed by atoms with van der Waals surface area (Å²) in [7, 11) is 1.45. The Morgan fingerprint density at radius 1 is 1.11 bits per heavy atom. The fourth-order valence-corrected chi connectivity index (χ4v) is 8.42. The molecule has 1 atom stereocenters.